The van der Waals surface area contributed by atoms with Gasteiger partial charge in [0.05, 0.1) is 12.7 Å². The van der Waals surface area contributed by atoms with E-state index in [1.54, 1.807) is 26.2 Å². The number of amides is 2. The molecule has 5 nitrogen and oxygen atoms in total. The van der Waals surface area contributed by atoms with Crippen molar-refractivity contribution >= 4 is 6.03 Å². The summed E-state index contributed by atoms with van der Waals surface area (Å²) in [5, 5.41) is 2.92. The van der Waals surface area contributed by atoms with Crippen molar-refractivity contribution in [1.82, 2.24) is 15.1 Å². The lowest BCUT2D eigenvalue weighted by Gasteiger charge is -2.35. The van der Waals surface area contributed by atoms with Gasteiger partial charge in [-0.25, -0.2) is 9.18 Å². The normalized spacial score (nSPS) is 26.9. The van der Waals surface area contributed by atoms with Crippen molar-refractivity contribution in [1.29, 1.82) is 0 Å². The third-order valence-corrected chi connectivity index (χ3v) is 5.03. The maximum absolute atomic E-state index is 13.3. The molecule has 1 aromatic carbocycles. The molecule has 3 rings (SSSR count). The molecule has 2 amide bonds. The first-order chi connectivity index (χ1) is 11.5. The lowest BCUT2D eigenvalue weighted by Crippen LogP contribution is -2.45. The van der Waals surface area contributed by atoms with Crippen molar-refractivity contribution in [2.45, 2.75) is 19.1 Å². The van der Waals surface area contributed by atoms with Crippen LogP contribution < -0.4 is 5.32 Å². The Morgan fingerprint density at radius 2 is 2.29 bits per heavy atom. The number of nitrogens with zero attached hydrogens (tertiary/aromatic N) is 2. The number of benzene rings is 1. The molecule has 6 heteroatoms. The number of nitrogens with one attached hydrogen (secondary N) is 1. The monoisotopic (exact) mass is 335 g/mol. The van der Waals surface area contributed by atoms with E-state index in [2.05, 4.69) is 10.2 Å². The fraction of sp³-hybridized carbons (Fsp3) is 0.611. The molecule has 0 aliphatic carbocycles. The first-order valence-corrected chi connectivity index (χ1v) is 8.56. The number of hydrogen-bond donors (Lipinski definition) is 1. The summed E-state index contributed by atoms with van der Waals surface area (Å²) in [5.41, 5.74) is 1.02. The maximum Gasteiger partial charge on any atom is 0.316 e. The molecule has 0 bridgehead atoms. The highest BCUT2D eigenvalue weighted by Crippen LogP contribution is 2.34. The molecule has 2 fully saturated rings. The van der Waals surface area contributed by atoms with Crippen molar-refractivity contribution in [3.05, 3.63) is 35.6 Å². The number of carbonyl (C=O) groups excluding carboxylic acids is 1. The quantitative estimate of drug-likeness (QED) is 0.914. The lowest BCUT2D eigenvalue weighted by molar-refractivity contribution is 0.0846. The van der Waals surface area contributed by atoms with Gasteiger partial charge in [0.2, 0.25) is 0 Å². The second-order valence-corrected chi connectivity index (χ2v) is 7.03. The van der Waals surface area contributed by atoms with Gasteiger partial charge >= 0.3 is 6.03 Å². The van der Waals surface area contributed by atoms with Crippen LogP contribution in [0.5, 0.6) is 0 Å². The SMILES string of the molecule is CN(C)C(=O)NC[C@@H]1OC[C@H]2CN(Cc3cccc(F)c3)CC[C@H]21. The van der Waals surface area contributed by atoms with Crippen molar-refractivity contribution in [2.75, 3.05) is 40.3 Å². The van der Waals surface area contributed by atoms with Gasteiger partial charge in [-0.3, -0.25) is 4.90 Å². The van der Waals surface area contributed by atoms with Crippen LogP contribution in [0.3, 0.4) is 0 Å². The molecule has 2 aliphatic rings. The van der Waals surface area contributed by atoms with Crippen LogP contribution in [0.2, 0.25) is 0 Å². The van der Waals surface area contributed by atoms with E-state index in [0.29, 0.717) is 18.4 Å². The zero-order chi connectivity index (χ0) is 17.1. The predicted octanol–water partition coefficient (Wildman–Crippen LogP) is 1.93. The molecule has 0 aromatic heterocycles. The molecule has 1 N–H and O–H groups in total. The average Bonchev–Trinajstić information content (AvgIpc) is 2.95. The van der Waals surface area contributed by atoms with Gasteiger partial charge in [-0.2, -0.15) is 0 Å². The second kappa shape index (κ2) is 7.49. The molecule has 24 heavy (non-hydrogen) atoms. The average molecular weight is 335 g/mol. The zero-order valence-corrected chi connectivity index (χ0v) is 14.4. The molecule has 1 aromatic rings. The van der Waals surface area contributed by atoms with Gasteiger partial charge in [0.25, 0.3) is 0 Å². The van der Waals surface area contributed by atoms with E-state index in [9.17, 15) is 9.18 Å². The number of urea groups is 1. The van der Waals surface area contributed by atoms with Crippen LogP contribution in [-0.2, 0) is 11.3 Å². The van der Waals surface area contributed by atoms with Crippen LogP contribution in [-0.4, -0.2) is 62.3 Å². The number of halogens is 1. The van der Waals surface area contributed by atoms with E-state index in [0.717, 1.165) is 38.2 Å². The van der Waals surface area contributed by atoms with Crippen molar-refractivity contribution < 1.29 is 13.9 Å². The van der Waals surface area contributed by atoms with Gasteiger partial charge in [-0.1, -0.05) is 12.1 Å². The van der Waals surface area contributed by atoms with Crippen LogP contribution in [0.25, 0.3) is 0 Å². The fourth-order valence-corrected chi connectivity index (χ4v) is 3.76. The second-order valence-electron chi connectivity index (χ2n) is 7.03. The zero-order valence-electron chi connectivity index (χ0n) is 14.4. The number of likely N-dealkylation sites (tertiary alicyclic amines) is 1. The minimum absolute atomic E-state index is 0.0782. The summed E-state index contributed by atoms with van der Waals surface area (Å²) in [6.07, 6.45) is 1.16. The first kappa shape index (κ1) is 17.2. The molecule has 2 saturated heterocycles. The third-order valence-electron chi connectivity index (χ3n) is 5.03. The summed E-state index contributed by atoms with van der Waals surface area (Å²) in [4.78, 5) is 15.6. The Labute approximate surface area is 142 Å². The highest BCUT2D eigenvalue weighted by atomic mass is 19.1. The molecular formula is C18H26FN3O2. The van der Waals surface area contributed by atoms with Crippen molar-refractivity contribution in [3.8, 4) is 0 Å². The number of rotatable bonds is 4. The topological polar surface area (TPSA) is 44.8 Å². The van der Waals surface area contributed by atoms with E-state index in [4.69, 9.17) is 4.74 Å². The van der Waals surface area contributed by atoms with Crippen LogP contribution in [0.4, 0.5) is 9.18 Å². The highest BCUT2D eigenvalue weighted by molar-refractivity contribution is 5.73. The van der Waals surface area contributed by atoms with Gasteiger partial charge in [0.15, 0.2) is 0 Å². The number of fused-ring (bicyclic) bond motifs is 1. The van der Waals surface area contributed by atoms with Crippen LogP contribution in [0.15, 0.2) is 24.3 Å². The summed E-state index contributed by atoms with van der Waals surface area (Å²) in [5.74, 6) is 0.813. The van der Waals surface area contributed by atoms with Crippen molar-refractivity contribution in [3.63, 3.8) is 0 Å². The number of carbonyl (C=O) groups is 1. The molecule has 0 unspecified atom stereocenters. The molecular weight excluding hydrogens is 309 g/mol. The molecule has 2 aliphatic heterocycles. The van der Waals surface area contributed by atoms with Gasteiger partial charge in [-0.15, -0.1) is 0 Å². The van der Waals surface area contributed by atoms with Crippen LogP contribution in [0.1, 0.15) is 12.0 Å². The minimum Gasteiger partial charge on any atom is -0.376 e. The lowest BCUT2D eigenvalue weighted by atomic mass is 9.84. The number of hydrogen-bond acceptors (Lipinski definition) is 3. The first-order valence-electron chi connectivity index (χ1n) is 8.56. The van der Waals surface area contributed by atoms with E-state index < -0.39 is 0 Å². The Bertz CT molecular complexity index is 581. The van der Waals surface area contributed by atoms with E-state index in [1.807, 2.05) is 6.07 Å². The molecule has 2 heterocycles. The van der Waals surface area contributed by atoms with E-state index >= 15 is 0 Å². The standard InChI is InChI=1S/C18H26FN3O2/c1-21(2)18(23)20-9-17-16-6-7-22(11-14(16)12-24-17)10-13-4-3-5-15(19)8-13/h3-5,8,14,16-17H,6-7,9-12H2,1-2H3,(H,20,23)/t14-,16-,17+/m1/s1. The molecule has 0 radical (unpaired) electrons. The third kappa shape index (κ3) is 4.05. The van der Waals surface area contributed by atoms with Gasteiger partial charge in [0.1, 0.15) is 5.82 Å². The summed E-state index contributed by atoms with van der Waals surface area (Å²) in [6.45, 7) is 4.05. The predicted molar refractivity (Wildman–Crippen MR) is 90.1 cm³/mol. The Morgan fingerprint density at radius 1 is 1.46 bits per heavy atom. The molecule has 132 valence electrons. The Balaban J connectivity index is 1.50. The van der Waals surface area contributed by atoms with E-state index in [-0.39, 0.29) is 18.0 Å². The molecule has 3 atom stereocenters. The van der Waals surface area contributed by atoms with Crippen LogP contribution >= 0.6 is 0 Å². The Morgan fingerprint density at radius 3 is 3.04 bits per heavy atom. The van der Waals surface area contributed by atoms with Gasteiger partial charge < -0.3 is 15.0 Å². The fourth-order valence-electron chi connectivity index (χ4n) is 3.76. The maximum atomic E-state index is 13.3. The van der Waals surface area contributed by atoms with Crippen molar-refractivity contribution in [2.24, 2.45) is 11.8 Å². The summed E-state index contributed by atoms with van der Waals surface area (Å²) in [6, 6.07) is 6.74. The van der Waals surface area contributed by atoms with Gasteiger partial charge in [-0.05, 0) is 36.6 Å². The van der Waals surface area contributed by atoms with E-state index in [1.165, 1.54) is 11.0 Å². The Hall–Kier alpha value is -1.66. The largest absolute Gasteiger partial charge is 0.376 e. The minimum atomic E-state index is -0.178. The smallest absolute Gasteiger partial charge is 0.316 e. The number of ether oxygens (including phenoxy) is 1. The molecule has 0 spiro atoms. The number of piperidine rings is 1. The Kier molecular flexibility index (Phi) is 5.36. The van der Waals surface area contributed by atoms with Crippen LogP contribution in [0, 0.1) is 17.7 Å². The summed E-state index contributed by atoms with van der Waals surface area (Å²) < 4.78 is 19.2. The summed E-state index contributed by atoms with van der Waals surface area (Å²) in [7, 11) is 3.47. The summed E-state index contributed by atoms with van der Waals surface area (Å²) >= 11 is 0. The van der Waals surface area contributed by atoms with Gasteiger partial charge in [0, 0.05) is 39.6 Å². The highest BCUT2D eigenvalue weighted by Gasteiger charge is 2.40. The molecule has 0 saturated carbocycles.